The second-order valence-corrected chi connectivity index (χ2v) is 8.16. The van der Waals surface area contributed by atoms with Crippen molar-refractivity contribution in [1.82, 2.24) is 19.3 Å². The van der Waals surface area contributed by atoms with Gasteiger partial charge in [-0.25, -0.2) is 19.2 Å². The molecule has 4 heterocycles. The van der Waals surface area contributed by atoms with E-state index in [0.717, 1.165) is 0 Å². The second kappa shape index (κ2) is 9.10. The topological polar surface area (TPSA) is 86.0 Å². The Balaban J connectivity index is 1.43. The summed E-state index contributed by atoms with van der Waals surface area (Å²) in [5.41, 5.74) is 1.08. The molecule has 1 amide bonds. The largest absolute Gasteiger partial charge is 0.491 e. The van der Waals surface area contributed by atoms with Crippen molar-refractivity contribution in [2.45, 2.75) is 24.9 Å². The van der Waals surface area contributed by atoms with Crippen LogP contribution in [0.3, 0.4) is 0 Å². The van der Waals surface area contributed by atoms with Gasteiger partial charge in [-0.2, -0.15) is 13.2 Å². The molecule has 1 fully saturated rings. The number of fused-ring (bicyclic) bond motifs is 2. The van der Waals surface area contributed by atoms with Crippen LogP contribution in [-0.4, -0.2) is 62.7 Å². The molecule has 5 rings (SSSR count). The SMILES string of the molecule is O=C(c1cccn2ccnc12)N1CC[C@@H](F)[C@@H](Oc2nc3ccccc3cc2OC(=O)C(F)(F)F)C1. The number of hydrogen-bond donors (Lipinski definition) is 0. The van der Waals surface area contributed by atoms with E-state index in [-0.39, 0.29) is 19.5 Å². The minimum Gasteiger partial charge on any atom is -0.467 e. The van der Waals surface area contributed by atoms with E-state index in [9.17, 15) is 27.2 Å². The molecule has 36 heavy (non-hydrogen) atoms. The number of piperidine rings is 1. The molecule has 1 saturated heterocycles. The van der Waals surface area contributed by atoms with Crippen LogP contribution in [-0.2, 0) is 4.79 Å². The fraction of sp³-hybridized carbons (Fsp3) is 0.250. The molecule has 0 unspecified atom stereocenters. The Morgan fingerprint density at radius 2 is 1.89 bits per heavy atom. The van der Waals surface area contributed by atoms with Crippen LogP contribution in [0.25, 0.3) is 16.6 Å². The molecule has 2 atom stereocenters. The molecule has 0 N–H and O–H groups in total. The molecule has 0 spiro atoms. The summed E-state index contributed by atoms with van der Waals surface area (Å²) in [6.45, 7) is -0.106. The summed E-state index contributed by atoms with van der Waals surface area (Å²) in [4.78, 5) is 34.4. The molecular formula is C24H18F4N4O4. The number of aromatic nitrogens is 3. The highest BCUT2D eigenvalue weighted by molar-refractivity contribution is 5.99. The summed E-state index contributed by atoms with van der Waals surface area (Å²) in [5, 5.41) is 0.389. The van der Waals surface area contributed by atoms with Gasteiger partial charge in [-0.05, 0) is 30.7 Å². The molecule has 0 bridgehead atoms. The number of esters is 1. The smallest absolute Gasteiger partial charge is 0.467 e. The van der Waals surface area contributed by atoms with Gasteiger partial charge in [0.1, 0.15) is 17.9 Å². The Morgan fingerprint density at radius 3 is 2.69 bits per heavy atom. The van der Waals surface area contributed by atoms with Crippen molar-refractivity contribution in [1.29, 1.82) is 0 Å². The van der Waals surface area contributed by atoms with Gasteiger partial charge in [0.05, 0.1) is 17.6 Å². The molecule has 3 aromatic heterocycles. The maximum Gasteiger partial charge on any atom is 0.491 e. The first-order valence-corrected chi connectivity index (χ1v) is 10.9. The number of ether oxygens (including phenoxy) is 2. The molecule has 4 aromatic rings. The molecule has 1 aliphatic rings. The van der Waals surface area contributed by atoms with Gasteiger partial charge in [0.2, 0.25) is 0 Å². The predicted molar refractivity (Wildman–Crippen MR) is 118 cm³/mol. The minimum atomic E-state index is -5.26. The van der Waals surface area contributed by atoms with Crippen molar-refractivity contribution < 1.29 is 36.6 Å². The van der Waals surface area contributed by atoms with Crippen LogP contribution in [0.4, 0.5) is 17.6 Å². The maximum atomic E-state index is 14.9. The Morgan fingerprint density at radius 1 is 1.08 bits per heavy atom. The molecule has 1 aliphatic heterocycles. The van der Waals surface area contributed by atoms with Crippen LogP contribution in [0, 0.1) is 0 Å². The first kappa shape index (κ1) is 23.5. The van der Waals surface area contributed by atoms with Gasteiger partial charge in [-0.15, -0.1) is 0 Å². The average Bonchev–Trinajstić information content (AvgIpc) is 3.34. The molecule has 8 nitrogen and oxygen atoms in total. The lowest BCUT2D eigenvalue weighted by atomic mass is 10.0. The molecule has 0 radical (unpaired) electrons. The monoisotopic (exact) mass is 502 g/mol. The highest BCUT2D eigenvalue weighted by Gasteiger charge is 2.42. The molecule has 12 heteroatoms. The number of nitrogens with zero attached hydrogens (tertiary/aromatic N) is 4. The summed E-state index contributed by atoms with van der Waals surface area (Å²) < 4.78 is 65.3. The summed E-state index contributed by atoms with van der Waals surface area (Å²) in [5.74, 6) is -3.95. The second-order valence-electron chi connectivity index (χ2n) is 8.16. The zero-order valence-corrected chi connectivity index (χ0v) is 18.5. The lowest BCUT2D eigenvalue weighted by molar-refractivity contribution is -0.189. The summed E-state index contributed by atoms with van der Waals surface area (Å²) in [6.07, 6.45) is -3.18. The van der Waals surface area contributed by atoms with Gasteiger partial charge in [-0.1, -0.05) is 18.2 Å². The van der Waals surface area contributed by atoms with Crippen molar-refractivity contribution in [3.8, 4) is 11.6 Å². The zero-order valence-electron chi connectivity index (χ0n) is 18.5. The highest BCUT2D eigenvalue weighted by Crippen LogP contribution is 2.33. The van der Waals surface area contributed by atoms with Crippen LogP contribution in [0.1, 0.15) is 16.8 Å². The Hall–Kier alpha value is -4.22. The van der Waals surface area contributed by atoms with Gasteiger partial charge in [0, 0.05) is 30.5 Å². The Kier molecular flexibility index (Phi) is 5.94. The third kappa shape index (κ3) is 4.53. The molecular weight excluding hydrogens is 484 g/mol. The van der Waals surface area contributed by atoms with Crippen LogP contribution in [0.5, 0.6) is 11.6 Å². The third-order valence-electron chi connectivity index (χ3n) is 5.77. The van der Waals surface area contributed by atoms with E-state index in [0.29, 0.717) is 22.1 Å². The van der Waals surface area contributed by atoms with Crippen molar-refractivity contribution >= 4 is 28.4 Å². The predicted octanol–water partition coefficient (Wildman–Crippen LogP) is 3.98. The fourth-order valence-electron chi connectivity index (χ4n) is 4.01. The van der Waals surface area contributed by atoms with Crippen LogP contribution in [0.2, 0.25) is 0 Å². The standard InChI is InChI=1S/C24H18F4N4O4/c25-16-7-10-32(22(33)15-5-3-9-31-11-8-29-20(15)31)13-19(16)35-21-18(36-23(34)24(26,27)28)12-14-4-1-2-6-17(14)30-21/h1-6,8-9,11-12,16,19H,7,10,13H2/t16-,19+/m1/s1. The number of benzene rings is 1. The molecule has 186 valence electrons. The maximum absolute atomic E-state index is 14.9. The van der Waals surface area contributed by atoms with Gasteiger partial charge in [0.15, 0.2) is 5.75 Å². The number of imidazole rings is 1. The van der Waals surface area contributed by atoms with E-state index in [1.54, 1.807) is 59.4 Å². The fourth-order valence-corrected chi connectivity index (χ4v) is 4.01. The van der Waals surface area contributed by atoms with Gasteiger partial charge in [0.25, 0.3) is 11.8 Å². The average molecular weight is 502 g/mol. The molecule has 1 aromatic carbocycles. The third-order valence-corrected chi connectivity index (χ3v) is 5.77. The summed E-state index contributed by atoms with van der Waals surface area (Å²) in [7, 11) is 0. The van der Waals surface area contributed by atoms with Gasteiger partial charge in [-0.3, -0.25) is 4.79 Å². The molecule has 0 saturated carbocycles. The van der Waals surface area contributed by atoms with Gasteiger partial charge >= 0.3 is 12.1 Å². The van der Waals surface area contributed by atoms with E-state index in [4.69, 9.17) is 4.74 Å². The number of para-hydroxylation sites is 1. The zero-order chi connectivity index (χ0) is 25.4. The number of pyridine rings is 2. The Bertz CT molecular complexity index is 1460. The quantitative estimate of drug-likeness (QED) is 0.310. The van der Waals surface area contributed by atoms with Gasteiger partial charge < -0.3 is 18.8 Å². The van der Waals surface area contributed by atoms with Crippen molar-refractivity contribution in [2.75, 3.05) is 13.1 Å². The first-order valence-electron chi connectivity index (χ1n) is 10.9. The number of rotatable bonds is 4. The summed E-state index contributed by atoms with van der Waals surface area (Å²) >= 11 is 0. The highest BCUT2D eigenvalue weighted by atomic mass is 19.4. The van der Waals surface area contributed by atoms with E-state index < -0.39 is 42.0 Å². The number of amides is 1. The lowest BCUT2D eigenvalue weighted by Crippen LogP contribution is -2.50. The van der Waals surface area contributed by atoms with Crippen molar-refractivity contribution in [3.63, 3.8) is 0 Å². The first-order chi connectivity index (χ1) is 17.2. The number of alkyl halides is 4. The number of halogens is 4. The van der Waals surface area contributed by atoms with Crippen molar-refractivity contribution in [3.05, 3.63) is 66.6 Å². The number of carbonyl (C=O) groups is 2. The van der Waals surface area contributed by atoms with E-state index in [1.165, 1.54) is 11.0 Å². The van der Waals surface area contributed by atoms with E-state index >= 15 is 0 Å². The van der Waals surface area contributed by atoms with Crippen LogP contribution < -0.4 is 9.47 Å². The number of likely N-dealkylation sites (tertiary alicyclic amines) is 1. The lowest BCUT2D eigenvalue weighted by Gasteiger charge is -2.35. The molecule has 0 aliphatic carbocycles. The van der Waals surface area contributed by atoms with E-state index in [2.05, 4.69) is 14.7 Å². The van der Waals surface area contributed by atoms with E-state index in [1.807, 2.05) is 0 Å². The summed E-state index contributed by atoms with van der Waals surface area (Å²) in [6, 6.07) is 10.9. The Labute approximate surface area is 201 Å². The minimum absolute atomic E-state index is 0.0702. The normalized spacial score (nSPS) is 18.4. The number of carbonyl (C=O) groups excluding carboxylic acids is 2. The number of hydrogen-bond acceptors (Lipinski definition) is 6. The van der Waals surface area contributed by atoms with Crippen LogP contribution in [0.15, 0.2) is 61.1 Å². The van der Waals surface area contributed by atoms with Crippen LogP contribution >= 0.6 is 0 Å². The van der Waals surface area contributed by atoms with Crippen molar-refractivity contribution in [2.24, 2.45) is 0 Å².